The number of ether oxygens (including phenoxy) is 2. The van der Waals surface area contributed by atoms with Crippen LogP contribution in [0, 0.1) is 0 Å². The Morgan fingerprint density at radius 1 is 1.05 bits per heavy atom. The van der Waals surface area contributed by atoms with Crippen molar-refractivity contribution in [1.82, 2.24) is 0 Å². The molecule has 22 heavy (non-hydrogen) atoms. The number of benzene rings is 2. The Morgan fingerprint density at radius 3 is 2.27 bits per heavy atom. The molecule has 0 fully saturated rings. The molecular formula is C16H16O5S. The van der Waals surface area contributed by atoms with Crippen molar-refractivity contribution in [2.24, 2.45) is 0 Å². The summed E-state index contributed by atoms with van der Waals surface area (Å²) in [4.78, 5) is 12.1. The van der Waals surface area contributed by atoms with Crippen molar-refractivity contribution in [3.8, 4) is 11.5 Å². The van der Waals surface area contributed by atoms with E-state index in [4.69, 9.17) is 9.47 Å². The third-order valence-electron chi connectivity index (χ3n) is 2.86. The molecule has 0 radical (unpaired) electrons. The van der Waals surface area contributed by atoms with Crippen molar-refractivity contribution >= 4 is 15.8 Å². The van der Waals surface area contributed by atoms with E-state index >= 15 is 0 Å². The molecule has 2 aromatic rings. The van der Waals surface area contributed by atoms with E-state index in [9.17, 15) is 13.2 Å². The maximum Gasteiger partial charge on any atom is 0.343 e. The largest absolute Gasteiger partial charge is 0.497 e. The Kier molecular flexibility index (Phi) is 4.82. The van der Waals surface area contributed by atoms with Gasteiger partial charge < -0.3 is 9.47 Å². The van der Waals surface area contributed by atoms with Gasteiger partial charge in [0.05, 0.1) is 18.4 Å². The van der Waals surface area contributed by atoms with E-state index in [1.54, 1.807) is 49.6 Å². The van der Waals surface area contributed by atoms with Gasteiger partial charge in [-0.15, -0.1) is 0 Å². The van der Waals surface area contributed by atoms with Crippen molar-refractivity contribution in [1.29, 1.82) is 0 Å². The first-order valence-electron chi connectivity index (χ1n) is 6.50. The molecule has 2 rings (SSSR count). The van der Waals surface area contributed by atoms with Crippen LogP contribution in [0.2, 0.25) is 0 Å². The zero-order valence-corrected chi connectivity index (χ0v) is 13.1. The van der Waals surface area contributed by atoms with Gasteiger partial charge in [0.25, 0.3) is 0 Å². The number of carbonyl (C=O) groups excluding carboxylic acids is 1. The highest BCUT2D eigenvalue weighted by Gasteiger charge is 2.11. The van der Waals surface area contributed by atoms with Crippen molar-refractivity contribution in [3.63, 3.8) is 0 Å². The standard InChI is InChI=1S/C16H16O5S/c1-20-14-6-8-15(9-7-14)21-16(17)13-5-3-4-12(10-13)11-22(2,18)19/h3-10H,11H2,1-2H3. The van der Waals surface area contributed by atoms with Crippen molar-refractivity contribution < 1.29 is 22.7 Å². The minimum atomic E-state index is -3.15. The number of carbonyl (C=O) groups is 1. The zero-order valence-electron chi connectivity index (χ0n) is 12.3. The van der Waals surface area contributed by atoms with E-state index in [1.165, 1.54) is 6.07 Å². The number of hydrogen-bond acceptors (Lipinski definition) is 5. The van der Waals surface area contributed by atoms with Gasteiger partial charge in [-0.3, -0.25) is 0 Å². The van der Waals surface area contributed by atoms with Gasteiger partial charge in [0, 0.05) is 6.26 Å². The average molecular weight is 320 g/mol. The van der Waals surface area contributed by atoms with Gasteiger partial charge in [0.15, 0.2) is 9.84 Å². The third kappa shape index (κ3) is 4.60. The van der Waals surface area contributed by atoms with Crippen LogP contribution in [0.5, 0.6) is 11.5 Å². The van der Waals surface area contributed by atoms with Gasteiger partial charge >= 0.3 is 5.97 Å². The number of rotatable bonds is 5. The van der Waals surface area contributed by atoms with Crippen LogP contribution >= 0.6 is 0 Å². The lowest BCUT2D eigenvalue weighted by molar-refractivity contribution is 0.0734. The fourth-order valence-electron chi connectivity index (χ4n) is 1.90. The maximum absolute atomic E-state index is 12.1. The maximum atomic E-state index is 12.1. The van der Waals surface area contributed by atoms with E-state index in [-0.39, 0.29) is 5.75 Å². The summed E-state index contributed by atoms with van der Waals surface area (Å²) >= 11 is 0. The van der Waals surface area contributed by atoms with E-state index in [2.05, 4.69) is 0 Å². The summed E-state index contributed by atoms with van der Waals surface area (Å²) in [5.41, 5.74) is 0.851. The number of esters is 1. The smallest absolute Gasteiger partial charge is 0.343 e. The molecule has 0 saturated heterocycles. The molecule has 0 amide bonds. The van der Waals surface area contributed by atoms with Crippen molar-refractivity contribution in [3.05, 3.63) is 59.7 Å². The minimum Gasteiger partial charge on any atom is -0.497 e. The summed E-state index contributed by atoms with van der Waals surface area (Å²) < 4.78 is 32.9. The normalized spacial score (nSPS) is 11.0. The van der Waals surface area contributed by atoms with E-state index in [1.807, 2.05) is 0 Å². The topological polar surface area (TPSA) is 69.7 Å². The predicted octanol–water partition coefficient (Wildman–Crippen LogP) is 2.46. The van der Waals surface area contributed by atoms with Crippen LogP contribution in [-0.4, -0.2) is 27.8 Å². The van der Waals surface area contributed by atoms with Gasteiger partial charge in [0.1, 0.15) is 11.5 Å². The Balaban J connectivity index is 2.13. The Morgan fingerprint density at radius 2 is 1.68 bits per heavy atom. The summed E-state index contributed by atoms with van der Waals surface area (Å²) in [5.74, 6) is 0.395. The first-order chi connectivity index (χ1) is 10.4. The van der Waals surface area contributed by atoms with Crippen LogP contribution in [0.1, 0.15) is 15.9 Å². The second-order valence-corrected chi connectivity index (χ2v) is 6.98. The predicted molar refractivity (Wildman–Crippen MR) is 82.9 cm³/mol. The Hall–Kier alpha value is -2.34. The molecule has 2 aromatic carbocycles. The van der Waals surface area contributed by atoms with Crippen LogP contribution in [0.4, 0.5) is 0 Å². The van der Waals surface area contributed by atoms with Crippen LogP contribution < -0.4 is 9.47 Å². The summed E-state index contributed by atoms with van der Waals surface area (Å²) in [6, 6.07) is 13.0. The second-order valence-electron chi connectivity index (χ2n) is 4.84. The van der Waals surface area contributed by atoms with Crippen molar-refractivity contribution in [2.45, 2.75) is 5.75 Å². The monoisotopic (exact) mass is 320 g/mol. The van der Waals surface area contributed by atoms with Crippen molar-refractivity contribution in [2.75, 3.05) is 13.4 Å². The first-order valence-corrected chi connectivity index (χ1v) is 8.56. The quantitative estimate of drug-likeness (QED) is 0.625. The molecule has 0 aliphatic heterocycles. The number of methoxy groups -OCH3 is 1. The fraction of sp³-hybridized carbons (Fsp3) is 0.188. The molecule has 0 aliphatic rings. The molecule has 0 bridgehead atoms. The van der Waals surface area contributed by atoms with Gasteiger partial charge in [-0.1, -0.05) is 12.1 Å². The van der Waals surface area contributed by atoms with E-state index < -0.39 is 15.8 Å². The molecule has 6 heteroatoms. The molecular weight excluding hydrogens is 304 g/mol. The third-order valence-corrected chi connectivity index (χ3v) is 3.72. The molecule has 0 unspecified atom stereocenters. The average Bonchev–Trinajstić information content (AvgIpc) is 2.46. The first kappa shape index (κ1) is 16.0. The summed E-state index contributed by atoms with van der Waals surface area (Å²) in [7, 11) is -1.60. The molecule has 0 N–H and O–H groups in total. The second kappa shape index (κ2) is 6.62. The van der Waals surface area contributed by atoms with Gasteiger partial charge in [0.2, 0.25) is 0 Å². The highest BCUT2D eigenvalue weighted by atomic mass is 32.2. The lowest BCUT2D eigenvalue weighted by atomic mass is 10.1. The van der Waals surface area contributed by atoms with E-state index in [0.29, 0.717) is 22.6 Å². The summed E-state index contributed by atoms with van der Waals surface area (Å²) in [5, 5.41) is 0. The summed E-state index contributed by atoms with van der Waals surface area (Å²) in [6.07, 6.45) is 1.15. The molecule has 0 aromatic heterocycles. The zero-order chi connectivity index (χ0) is 16.2. The Bertz CT molecular complexity index is 763. The number of sulfone groups is 1. The fourth-order valence-corrected chi connectivity index (χ4v) is 2.69. The molecule has 0 saturated carbocycles. The highest BCUT2D eigenvalue weighted by molar-refractivity contribution is 7.89. The molecule has 5 nitrogen and oxygen atoms in total. The van der Waals surface area contributed by atoms with Crippen LogP contribution in [0.25, 0.3) is 0 Å². The van der Waals surface area contributed by atoms with Crippen LogP contribution in [0.3, 0.4) is 0 Å². The SMILES string of the molecule is COc1ccc(OC(=O)c2cccc(CS(C)(=O)=O)c2)cc1. The van der Waals surface area contributed by atoms with Gasteiger partial charge in [-0.05, 0) is 42.0 Å². The summed E-state index contributed by atoms with van der Waals surface area (Å²) in [6.45, 7) is 0. The molecule has 0 heterocycles. The molecule has 116 valence electrons. The minimum absolute atomic E-state index is 0.114. The lowest BCUT2D eigenvalue weighted by Crippen LogP contribution is -2.09. The van der Waals surface area contributed by atoms with Gasteiger partial charge in [-0.25, -0.2) is 13.2 Å². The van der Waals surface area contributed by atoms with Gasteiger partial charge in [-0.2, -0.15) is 0 Å². The highest BCUT2D eigenvalue weighted by Crippen LogP contribution is 2.18. The lowest BCUT2D eigenvalue weighted by Gasteiger charge is -2.07. The van der Waals surface area contributed by atoms with Crippen LogP contribution in [0.15, 0.2) is 48.5 Å². The molecule has 0 spiro atoms. The number of hydrogen-bond donors (Lipinski definition) is 0. The van der Waals surface area contributed by atoms with E-state index in [0.717, 1.165) is 6.26 Å². The molecule has 0 atom stereocenters. The Labute approximate surface area is 129 Å². The van der Waals surface area contributed by atoms with Crippen LogP contribution in [-0.2, 0) is 15.6 Å². The molecule has 0 aliphatic carbocycles.